The molecule has 0 saturated heterocycles. The van der Waals surface area contributed by atoms with Gasteiger partial charge in [-0.2, -0.15) is 0 Å². The fourth-order valence-electron chi connectivity index (χ4n) is 1.49. The molecule has 1 aliphatic carbocycles. The molecule has 52 valence electrons. The van der Waals surface area contributed by atoms with Crippen LogP contribution >= 0.6 is 0 Å². The summed E-state index contributed by atoms with van der Waals surface area (Å²) in [4.78, 5) is 0. The van der Waals surface area contributed by atoms with Crippen LogP contribution in [-0.2, 0) is 0 Å². The molecule has 0 aromatic carbocycles. The van der Waals surface area contributed by atoms with E-state index in [-0.39, 0.29) is 0 Å². The fraction of sp³-hybridized carbons (Fsp3) is 0.875. The largest absolute Gasteiger partial charge is 0.416 e. The van der Waals surface area contributed by atoms with Gasteiger partial charge < -0.3 is 4.58 Å². The smallest absolute Gasteiger partial charge is 0.120 e. The van der Waals surface area contributed by atoms with E-state index in [1.54, 1.807) is 0 Å². The quantitative estimate of drug-likeness (QED) is 0.284. The molecule has 0 aromatic heterocycles. The van der Waals surface area contributed by atoms with Crippen LogP contribution in [0.15, 0.2) is 0 Å². The van der Waals surface area contributed by atoms with Crippen LogP contribution in [0.4, 0.5) is 0 Å². The first-order chi connectivity index (χ1) is 4.30. The molecule has 0 aromatic rings. The molecule has 1 fully saturated rings. The van der Waals surface area contributed by atoms with Gasteiger partial charge in [0.15, 0.2) is 0 Å². The van der Waals surface area contributed by atoms with Gasteiger partial charge in [0.05, 0.1) is 0 Å². The van der Waals surface area contributed by atoms with Gasteiger partial charge in [-0.05, 0) is 12.8 Å². The Kier molecular flexibility index (Phi) is 2.26. The third-order valence-corrected chi connectivity index (χ3v) is 2.15. The minimum absolute atomic E-state index is 0.666. The third kappa shape index (κ3) is 1.81. The zero-order valence-electron chi connectivity index (χ0n) is 6.14. The Morgan fingerprint density at radius 1 is 1.22 bits per heavy atom. The standard InChI is InChI=1S/C8H15N/c1-9(2)8-6-4-3-5-7-8/h1,8H,3-7H2,2H3. The van der Waals surface area contributed by atoms with Crippen LogP contribution in [0, 0.1) is 0 Å². The lowest BCUT2D eigenvalue weighted by Gasteiger charge is -2.21. The third-order valence-electron chi connectivity index (χ3n) is 2.15. The predicted octanol–water partition coefficient (Wildman–Crippen LogP) is 1.54. The van der Waals surface area contributed by atoms with Crippen molar-refractivity contribution >= 4 is 6.72 Å². The van der Waals surface area contributed by atoms with Crippen LogP contribution in [0.5, 0.6) is 0 Å². The average molecular weight is 125 g/mol. The molecule has 0 aliphatic heterocycles. The molecule has 9 heavy (non-hydrogen) atoms. The maximum Gasteiger partial charge on any atom is 0.120 e. The Labute approximate surface area is 57.4 Å². The zero-order valence-corrected chi connectivity index (χ0v) is 6.14. The van der Waals surface area contributed by atoms with Crippen LogP contribution in [0.3, 0.4) is 0 Å². The van der Waals surface area contributed by atoms with Gasteiger partial charge >= 0.3 is 0 Å². The van der Waals surface area contributed by atoms with Crippen molar-refractivity contribution in [3.05, 3.63) is 0 Å². The van der Waals surface area contributed by atoms with Gasteiger partial charge in [0, 0.05) is 12.8 Å². The molecule has 1 aliphatic rings. The summed E-state index contributed by atoms with van der Waals surface area (Å²) in [6.45, 7) is 5.60. The topological polar surface area (TPSA) is 3.01 Å². The van der Waals surface area contributed by atoms with Gasteiger partial charge in [0.1, 0.15) is 13.1 Å². The van der Waals surface area contributed by atoms with Crippen molar-refractivity contribution in [1.82, 2.24) is 0 Å². The SMILES string of the molecule is [CH-]=[N+](C)C1CCCCC1. The maximum atomic E-state index is 5.60. The van der Waals surface area contributed by atoms with Crippen LogP contribution < -0.4 is 0 Å². The minimum atomic E-state index is 0.666. The van der Waals surface area contributed by atoms with Crippen LogP contribution in [-0.4, -0.2) is 24.4 Å². The predicted molar refractivity (Wildman–Crippen MR) is 39.1 cm³/mol. The first kappa shape index (κ1) is 6.79. The van der Waals surface area contributed by atoms with Crippen LogP contribution in [0.1, 0.15) is 32.1 Å². The first-order valence-corrected chi connectivity index (χ1v) is 3.78. The summed E-state index contributed by atoms with van der Waals surface area (Å²) in [5.74, 6) is 0. The molecular formula is C8H15N. The Morgan fingerprint density at radius 2 is 1.78 bits per heavy atom. The van der Waals surface area contributed by atoms with Gasteiger partial charge in [-0.15, -0.1) is 0 Å². The van der Waals surface area contributed by atoms with Crippen molar-refractivity contribution in [2.24, 2.45) is 0 Å². The van der Waals surface area contributed by atoms with Gasteiger partial charge in [0.25, 0.3) is 0 Å². The molecule has 0 spiro atoms. The van der Waals surface area contributed by atoms with Crippen molar-refractivity contribution in [3.8, 4) is 0 Å². The highest BCUT2D eigenvalue weighted by Gasteiger charge is 2.15. The van der Waals surface area contributed by atoms with Crippen LogP contribution in [0.25, 0.3) is 0 Å². The van der Waals surface area contributed by atoms with E-state index in [9.17, 15) is 0 Å². The Bertz CT molecular complexity index is 101. The molecule has 0 radical (unpaired) electrons. The van der Waals surface area contributed by atoms with Crippen molar-refractivity contribution in [2.75, 3.05) is 7.05 Å². The summed E-state index contributed by atoms with van der Waals surface area (Å²) in [5, 5.41) is 0. The lowest BCUT2D eigenvalue weighted by Crippen LogP contribution is -2.23. The van der Waals surface area contributed by atoms with E-state index in [0.29, 0.717) is 6.04 Å². The van der Waals surface area contributed by atoms with E-state index >= 15 is 0 Å². The second-order valence-corrected chi connectivity index (χ2v) is 2.96. The molecule has 0 N–H and O–H groups in total. The summed E-state index contributed by atoms with van der Waals surface area (Å²) in [6.07, 6.45) is 6.74. The normalized spacial score (nSPS) is 21.9. The molecule has 1 nitrogen and oxygen atoms in total. The molecule has 0 unspecified atom stereocenters. The van der Waals surface area contributed by atoms with Crippen molar-refractivity contribution in [3.63, 3.8) is 0 Å². The lowest BCUT2D eigenvalue weighted by atomic mass is 9.95. The molecule has 0 bridgehead atoms. The molecule has 1 saturated carbocycles. The Hall–Kier alpha value is -0.330. The first-order valence-electron chi connectivity index (χ1n) is 3.78. The summed E-state index contributed by atoms with van der Waals surface area (Å²) < 4.78 is 1.86. The monoisotopic (exact) mass is 125 g/mol. The molecular weight excluding hydrogens is 110 g/mol. The summed E-state index contributed by atoms with van der Waals surface area (Å²) in [6, 6.07) is 0.666. The number of hydrogen-bond acceptors (Lipinski definition) is 0. The average Bonchev–Trinajstić information content (AvgIpc) is 1.90. The highest BCUT2D eigenvalue weighted by Crippen LogP contribution is 2.18. The highest BCUT2D eigenvalue weighted by atomic mass is 15.0. The van der Waals surface area contributed by atoms with Gasteiger partial charge in [-0.25, -0.2) is 6.72 Å². The van der Waals surface area contributed by atoms with Crippen LogP contribution in [0.2, 0.25) is 0 Å². The molecule has 0 amide bonds. The maximum absolute atomic E-state index is 5.60. The van der Waals surface area contributed by atoms with Gasteiger partial charge in [0.2, 0.25) is 0 Å². The highest BCUT2D eigenvalue weighted by molar-refractivity contribution is 5.14. The van der Waals surface area contributed by atoms with E-state index in [1.807, 2.05) is 11.6 Å². The summed E-state index contributed by atoms with van der Waals surface area (Å²) in [5.41, 5.74) is 0. The molecule has 1 heteroatoms. The van der Waals surface area contributed by atoms with E-state index < -0.39 is 0 Å². The van der Waals surface area contributed by atoms with E-state index in [0.717, 1.165) is 0 Å². The van der Waals surface area contributed by atoms with E-state index in [4.69, 9.17) is 6.72 Å². The number of hydrogen-bond donors (Lipinski definition) is 0. The Morgan fingerprint density at radius 3 is 2.11 bits per heavy atom. The molecule has 1 rings (SSSR count). The summed E-state index contributed by atoms with van der Waals surface area (Å²) in [7, 11) is 1.97. The fourth-order valence-corrected chi connectivity index (χ4v) is 1.49. The Balaban J connectivity index is 2.31. The minimum Gasteiger partial charge on any atom is -0.416 e. The van der Waals surface area contributed by atoms with Crippen molar-refractivity contribution in [1.29, 1.82) is 0 Å². The molecule has 0 heterocycles. The lowest BCUT2D eigenvalue weighted by molar-refractivity contribution is -0.533. The van der Waals surface area contributed by atoms with E-state index in [2.05, 4.69) is 0 Å². The second-order valence-electron chi connectivity index (χ2n) is 2.96. The number of rotatable bonds is 1. The van der Waals surface area contributed by atoms with E-state index in [1.165, 1.54) is 32.1 Å². The zero-order chi connectivity index (χ0) is 6.69. The van der Waals surface area contributed by atoms with Crippen molar-refractivity contribution < 1.29 is 4.58 Å². The van der Waals surface area contributed by atoms with Gasteiger partial charge in [-0.3, -0.25) is 0 Å². The molecule has 0 atom stereocenters. The van der Waals surface area contributed by atoms with Gasteiger partial charge in [-0.1, -0.05) is 6.42 Å². The van der Waals surface area contributed by atoms with Crippen molar-refractivity contribution in [2.45, 2.75) is 38.1 Å². The number of nitrogens with zero attached hydrogens (tertiary/aromatic N) is 1. The summed E-state index contributed by atoms with van der Waals surface area (Å²) >= 11 is 0. The second kappa shape index (κ2) is 3.00.